The molecule has 0 bridgehead atoms. The Kier molecular flexibility index (Phi) is 5.68. The lowest BCUT2D eigenvalue weighted by Gasteiger charge is -2.46. The number of tetrazole rings is 1. The van der Waals surface area contributed by atoms with Crippen LogP contribution in [0.25, 0.3) is 5.69 Å². The van der Waals surface area contributed by atoms with Gasteiger partial charge in [-0.3, -0.25) is 9.59 Å². The minimum atomic E-state index is -0.620. The Hall–Kier alpha value is -2.97. The first-order valence-electron chi connectivity index (χ1n) is 9.67. The largest absolute Gasteiger partial charge is 0.335 e. The van der Waals surface area contributed by atoms with Gasteiger partial charge in [-0.15, -0.1) is 15.0 Å². The minimum Gasteiger partial charge on any atom is -0.335 e. The molecule has 0 radical (unpaired) electrons. The minimum absolute atomic E-state index is 0.0114. The summed E-state index contributed by atoms with van der Waals surface area (Å²) in [5.41, 5.74) is 0.509. The van der Waals surface area contributed by atoms with E-state index < -0.39 is 5.54 Å². The molecule has 2 aromatic carbocycles. The lowest BCUT2D eigenvalue weighted by molar-refractivity contribution is 0.0160. The molecule has 8 nitrogen and oxygen atoms in total. The SMILES string of the molecule is CC1(C)CN(C(=O)c2cccc(Cl)c2)CCN1C(=O)c1nnn(-c2cccc(Cl)c2)n1. The molecule has 3 aromatic rings. The third-order valence-corrected chi connectivity index (χ3v) is 5.62. The number of carbonyl (C=O) groups is 2. The van der Waals surface area contributed by atoms with Gasteiger partial charge >= 0.3 is 0 Å². The van der Waals surface area contributed by atoms with Gasteiger partial charge in [-0.1, -0.05) is 35.3 Å². The molecule has 0 aliphatic carbocycles. The number of hydrogen-bond donors (Lipinski definition) is 0. The van der Waals surface area contributed by atoms with Crippen LogP contribution in [0.2, 0.25) is 10.0 Å². The molecular formula is C21H20Cl2N6O2. The number of hydrogen-bond acceptors (Lipinski definition) is 5. The van der Waals surface area contributed by atoms with E-state index >= 15 is 0 Å². The molecule has 2 amide bonds. The van der Waals surface area contributed by atoms with Crippen LogP contribution in [0, 0.1) is 0 Å². The van der Waals surface area contributed by atoms with Crippen LogP contribution in [0.5, 0.6) is 0 Å². The molecule has 4 rings (SSSR count). The molecule has 0 N–H and O–H groups in total. The van der Waals surface area contributed by atoms with Gasteiger partial charge in [-0.2, -0.15) is 0 Å². The van der Waals surface area contributed by atoms with Crippen LogP contribution in [-0.2, 0) is 0 Å². The van der Waals surface area contributed by atoms with Crippen molar-refractivity contribution in [3.63, 3.8) is 0 Å². The van der Waals surface area contributed by atoms with Gasteiger partial charge in [0.1, 0.15) is 0 Å². The lowest BCUT2D eigenvalue weighted by atomic mass is 9.97. The monoisotopic (exact) mass is 458 g/mol. The van der Waals surface area contributed by atoms with Crippen molar-refractivity contribution in [1.82, 2.24) is 30.0 Å². The van der Waals surface area contributed by atoms with Crippen molar-refractivity contribution < 1.29 is 9.59 Å². The van der Waals surface area contributed by atoms with E-state index in [1.807, 2.05) is 13.8 Å². The highest BCUT2D eigenvalue weighted by molar-refractivity contribution is 6.31. The third kappa shape index (κ3) is 4.40. The van der Waals surface area contributed by atoms with Crippen molar-refractivity contribution in [2.24, 2.45) is 0 Å². The molecule has 1 aliphatic rings. The molecule has 31 heavy (non-hydrogen) atoms. The van der Waals surface area contributed by atoms with Gasteiger partial charge in [-0.25, -0.2) is 0 Å². The molecule has 0 saturated carbocycles. The fourth-order valence-corrected chi connectivity index (χ4v) is 4.01. The molecule has 1 aromatic heterocycles. The normalized spacial score (nSPS) is 15.7. The average molecular weight is 459 g/mol. The van der Waals surface area contributed by atoms with Crippen molar-refractivity contribution in [2.75, 3.05) is 19.6 Å². The summed E-state index contributed by atoms with van der Waals surface area (Å²) in [6, 6.07) is 13.8. The second-order valence-electron chi connectivity index (χ2n) is 7.89. The van der Waals surface area contributed by atoms with Crippen molar-refractivity contribution in [1.29, 1.82) is 0 Å². The van der Waals surface area contributed by atoms with Crippen LogP contribution in [-0.4, -0.2) is 67.0 Å². The van der Waals surface area contributed by atoms with Crippen molar-refractivity contribution in [3.05, 3.63) is 70.0 Å². The van der Waals surface area contributed by atoms with Crippen LogP contribution in [0.3, 0.4) is 0 Å². The summed E-state index contributed by atoms with van der Waals surface area (Å²) in [7, 11) is 0. The van der Waals surface area contributed by atoms with Crippen molar-refractivity contribution in [3.8, 4) is 5.69 Å². The van der Waals surface area contributed by atoms with E-state index in [1.54, 1.807) is 58.3 Å². The van der Waals surface area contributed by atoms with E-state index in [9.17, 15) is 9.59 Å². The number of amides is 2. The summed E-state index contributed by atoms with van der Waals surface area (Å²) in [6.45, 7) is 4.92. The zero-order valence-corrected chi connectivity index (χ0v) is 18.5. The highest BCUT2D eigenvalue weighted by atomic mass is 35.5. The molecular weight excluding hydrogens is 439 g/mol. The standard InChI is InChI=1S/C21H20Cl2N6O2/c1-21(2)13-27(19(30)14-5-3-6-15(22)11-14)9-10-28(21)20(31)18-24-26-29(25-18)17-8-4-7-16(23)12-17/h3-8,11-12H,9-10,13H2,1-2H3. The van der Waals surface area contributed by atoms with Crippen molar-refractivity contribution in [2.45, 2.75) is 19.4 Å². The second-order valence-corrected chi connectivity index (χ2v) is 8.76. The summed E-state index contributed by atoms with van der Waals surface area (Å²) < 4.78 is 0. The van der Waals surface area contributed by atoms with Crippen LogP contribution in [0.1, 0.15) is 34.8 Å². The summed E-state index contributed by atoms with van der Waals surface area (Å²) in [4.78, 5) is 30.7. The van der Waals surface area contributed by atoms with Gasteiger partial charge < -0.3 is 9.80 Å². The van der Waals surface area contributed by atoms with Crippen molar-refractivity contribution >= 4 is 35.0 Å². The lowest BCUT2D eigenvalue weighted by Crippen LogP contribution is -2.62. The summed E-state index contributed by atoms with van der Waals surface area (Å²) in [5.74, 6) is -0.469. The topological polar surface area (TPSA) is 84.2 Å². The summed E-state index contributed by atoms with van der Waals surface area (Å²) in [6.07, 6.45) is 0. The van der Waals surface area contributed by atoms with Gasteiger partial charge in [0.05, 0.1) is 11.2 Å². The van der Waals surface area contributed by atoms with Gasteiger partial charge in [0.15, 0.2) is 0 Å². The molecule has 1 fully saturated rings. The first-order valence-corrected chi connectivity index (χ1v) is 10.4. The predicted octanol–water partition coefficient (Wildman–Crippen LogP) is 3.35. The Morgan fingerprint density at radius 1 is 0.968 bits per heavy atom. The average Bonchev–Trinajstić information content (AvgIpc) is 3.22. The number of nitrogens with zero attached hydrogens (tertiary/aromatic N) is 6. The Labute approximate surface area is 189 Å². The first-order chi connectivity index (χ1) is 14.7. The van der Waals surface area contributed by atoms with Crippen LogP contribution >= 0.6 is 23.2 Å². The highest BCUT2D eigenvalue weighted by Crippen LogP contribution is 2.24. The maximum atomic E-state index is 13.1. The molecule has 0 spiro atoms. The first kappa shape index (κ1) is 21.3. The number of rotatable bonds is 3. The molecule has 1 aliphatic heterocycles. The van der Waals surface area contributed by atoms with Crippen LogP contribution < -0.4 is 0 Å². The fourth-order valence-electron chi connectivity index (χ4n) is 3.64. The molecule has 160 valence electrons. The second kappa shape index (κ2) is 8.28. The van der Waals surface area contributed by atoms with Crippen LogP contribution in [0.4, 0.5) is 0 Å². The summed E-state index contributed by atoms with van der Waals surface area (Å²) >= 11 is 12.0. The molecule has 0 unspecified atom stereocenters. The highest BCUT2D eigenvalue weighted by Gasteiger charge is 2.40. The van der Waals surface area contributed by atoms with E-state index in [0.29, 0.717) is 40.9 Å². The number of piperazine rings is 1. The number of halogens is 2. The molecule has 0 atom stereocenters. The van der Waals surface area contributed by atoms with E-state index in [2.05, 4.69) is 15.4 Å². The fraction of sp³-hybridized carbons (Fsp3) is 0.286. The number of benzene rings is 2. The van der Waals surface area contributed by atoms with E-state index in [-0.39, 0.29) is 17.6 Å². The Bertz CT molecular complexity index is 1150. The number of aromatic nitrogens is 4. The third-order valence-electron chi connectivity index (χ3n) is 5.15. The van der Waals surface area contributed by atoms with E-state index in [1.165, 1.54) is 4.80 Å². The quantitative estimate of drug-likeness (QED) is 0.600. The van der Waals surface area contributed by atoms with Gasteiger partial charge in [0.2, 0.25) is 0 Å². The van der Waals surface area contributed by atoms with Gasteiger partial charge in [0, 0.05) is 35.2 Å². The Morgan fingerprint density at radius 3 is 2.35 bits per heavy atom. The molecule has 2 heterocycles. The zero-order chi connectivity index (χ0) is 22.2. The Morgan fingerprint density at radius 2 is 1.68 bits per heavy atom. The van der Waals surface area contributed by atoms with Crippen LogP contribution in [0.15, 0.2) is 48.5 Å². The maximum Gasteiger partial charge on any atom is 0.296 e. The Balaban J connectivity index is 1.50. The van der Waals surface area contributed by atoms with Gasteiger partial charge in [0.25, 0.3) is 17.6 Å². The zero-order valence-electron chi connectivity index (χ0n) is 17.0. The number of carbonyl (C=O) groups excluding carboxylic acids is 2. The molecule has 1 saturated heterocycles. The molecule has 10 heteroatoms. The predicted molar refractivity (Wildman–Crippen MR) is 117 cm³/mol. The smallest absolute Gasteiger partial charge is 0.296 e. The van der Waals surface area contributed by atoms with Gasteiger partial charge in [-0.05, 0) is 55.5 Å². The van der Waals surface area contributed by atoms with E-state index in [4.69, 9.17) is 23.2 Å². The van der Waals surface area contributed by atoms with E-state index in [0.717, 1.165) is 0 Å². The summed E-state index contributed by atoms with van der Waals surface area (Å²) in [5, 5.41) is 13.2. The maximum absolute atomic E-state index is 13.1.